The molecule has 116 valence electrons. The van der Waals surface area contributed by atoms with Crippen molar-refractivity contribution in [2.24, 2.45) is 5.41 Å². The third-order valence-electron chi connectivity index (χ3n) is 2.71. The number of benzene rings is 1. The van der Waals surface area contributed by atoms with Crippen LogP contribution in [0.4, 0.5) is 5.69 Å². The Morgan fingerprint density at radius 2 is 1.95 bits per heavy atom. The van der Waals surface area contributed by atoms with Gasteiger partial charge in [-0.1, -0.05) is 20.8 Å². The fraction of sp³-hybridized carbons (Fsp3) is 0.417. The maximum absolute atomic E-state index is 12.0. The summed E-state index contributed by atoms with van der Waals surface area (Å²) in [7, 11) is -4.07. The van der Waals surface area contributed by atoms with E-state index in [9.17, 15) is 28.4 Å². The van der Waals surface area contributed by atoms with Gasteiger partial charge in [-0.2, -0.15) is 0 Å². The highest BCUT2D eigenvalue weighted by molar-refractivity contribution is 7.89. The number of carbonyl (C=O) groups excluding carboxylic acids is 1. The standard InChI is InChI=1S/C12H16N2O6S/c1-12(2,3)11(16)7-13-21(19,20)8-4-5-10(15)9(6-8)14(17)18/h4-6,13,15H,7H2,1-3H3. The molecule has 1 rings (SSSR count). The van der Waals surface area contributed by atoms with Gasteiger partial charge in [0.15, 0.2) is 11.5 Å². The van der Waals surface area contributed by atoms with E-state index in [0.717, 1.165) is 18.2 Å². The first-order valence-corrected chi connectivity index (χ1v) is 7.44. The number of nitro groups is 1. The Balaban J connectivity index is 3.02. The molecule has 2 N–H and O–H groups in total. The van der Waals surface area contributed by atoms with Crippen LogP contribution in [0.2, 0.25) is 0 Å². The van der Waals surface area contributed by atoms with Crippen molar-refractivity contribution in [3.63, 3.8) is 0 Å². The van der Waals surface area contributed by atoms with Crippen LogP contribution < -0.4 is 4.72 Å². The first-order chi connectivity index (χ1) is 9.45. The minimum absolute atomic E-state index is 0.320. The molecule has 0 radical (unpaired) electrons. The molecule has 21 heavy (non-hydrogen) atoms. The van der Waals surface area contributed by atoms with Crippen molar-refractivity contribution in [3.8, 4) is 5.75 Å². The number of nitrogens with one attached hydrogen (secondary N) is 1. The van der Waals surface area contributed by atoms with Crippen molar-refractivity contribution in [2.45, 2.75) is 25.7 Å². The predicted molar refractivity (Wildman–Crippen MR) is 74.4 cm³/mol. The number of aromatic hydroxyl groups is 1. The van der Waals surface area contributed by atoms with Crippen LogP contribution in [-0.2, 0) is 14.8 Å². The van der Waals surface area contributed by atoms with Gasteiger partial charge >= 0.3 is 5.69 Å². The summed E-state index contributed by atoms with van der Waals surface area (Å²) in [6.07, 6.45) is 0. The van der Waals surface area contributed by atoms with E-state index in [1.165, 1.54) is 0 Å². The van der Waals surface area contributed by atoms with Crippen LogP contribution >= 0.6 is 0 Å². The molecule has 0 fully saturated rings. The number of phenolic OH excluding ortho intramolecular Hbond substituents is 1. The molecule has 0 amide bonds. The molecule has 0 saturated heterocycles. The summed E-state index contributed by atoms with van der Waals surface area (Å²) in [6, 6.07) is 2.67. The van der Waals surface area contributed by atoms with Crippen LogP contribution in [0.25, 0.3) is 0 Å². The summed E-state index contributed by atoms with van der Waals surface area (Å²) in [4.78, 5) is 21.1. The Hall–Kier alpha value is -2.00. The topological polar surface area (TPSA) is 127 Å². The number of hydrogen-bond acceptors (Lipinski definition) is 6. The maximum Gasteiger partial charge on any atom is 0.312 e. The fourth-order valence-corrected chi connectivity index (χ4v) is 2.33. The average Bonchev–Trinajstić information content (AvgIpc) is 2.34. The molecule has 0 atom stereocenters. The monoisotopic (exact) mass is 316 g/mol. The molecular formula is C12H16N2O6S. The van der Waals surface area contributed by atoms with Crippen molar-refractivity contribution in [1.82, 2.24) is 4.72 Å². The fourth-order valence-electron chi connectivity index (χ4n) is 1.33. The molecule has 1 aromatic rings. The molecule has 0 bridgehead atoms. The third-order valence-corrected chi connectivity index (χ3v) is 4.11. The van der Waals surface area contributed by atoms with Gasteiger partial charge in [-0.15, -0.1) is 0 Å². The first-order valence-electron chi connectivity index (χ1n) is 5.95. The van der Waals surface area contributed by atoms with Crippen molar-refractivity contribution in [1.29, 1.82) is 0 Å². The summed E-state index contributed by atoms with van der Waals surface area (Å²) in [5.74, 6) is -0.955. The van der Waals surface area contributed by atoms with E-state index in [1.807, 2.05) is 0 Å². The van der Waals surface area contributed by atoms with E-state index in [4.69, 9.17) is 0 Å². The predicted octanol–water partition coefficient (Wildman–Crippen LogP) is 1.19. The molecule has 0 heterocycles. The number of nitrogens with zero attached hydrogens (tertiary/aromatic N) is 1. The minimum Gasteiger partial charge on any atom is -0.502 e. The molecule has 0 aromatic heterocycles. The molecule has 0 aliphatic carbocycles. The van der Waals surface area contributed by atoms with Gasteiger partial charge < -0.3 is 5.11 Å². The van der Waals surface area contributed by atoms with Crippen LogP contribution in [-0.4, -0.2) is 30.8 Å². The summed E-state index contributed by atoms with van der Waals surface area (Å²) in [5, 5.41) is 20.0. The van der Waals surface area contributed by atoms with Gasteiger partial charge in [0.25, 0.3) is 0 Å². The number of carbonyl (C=O) groups is 1. The van der Waals surface area contributed by atoms with E-state index in [-0.39, 0.29) is 5.78 Å². The van der Waals surface area contributed by atoms with Gasteiger partial charge in [0.05, 0.1) is 16.4 Å². The van der Waals surface area contributed by atoms with Crippen molar-refractivity contribution in [3.05, 3.63) is 28.3 Å². The Kier molecular flexibility index (Phi) is 4.69. The molecule has 8 nitrogen and oxygen atoms in total. The summed E-state index contributed by atoms with van der Waals surface area (Å²) in [6.45, 7) is 4.53. The van der Waals surface area contributed by atoms with Gasteiger partial charge in [0, 0.05) is 11.5 Å². The van der Waals surface area contributed by atoms with Crippen LogP contribution in [0.15, 0.2) is 23.1 Å². The number of rotatable bonds is 5. The van der Waals surface area contributed by atoms with Gasteiger partial charge in [0.1, 0.15) is 0 Å². The highest BCUT2D eigenvalue weighted by Gasteiger charge is 2.25. The Morgan fingerprint density at radius 3 is 2.43 bits per heavy atom. The summed E-state index contributed by atoms with van der Waals surface area (Å²) < 4.78 is 26.0. The number of Topliss-reactive ketones (excluding diaryl/α,β-unsaturated/α-hetero) is 1. The van der Waals surface area contributed by atoms with Crippen molar-refractivity contribution in [2.75, 3.05) is 6.54 Å². The lowest BCUT2D eigenvalue weighted by molar-refractivity contribution is -0.386. The minimum atomic E-state index is -4.07. The quantitative estimate of drug-likeness (QED) is 0.620. The number of sulfonamides is 1. The van der Waals surface area contributed by atoms with Crippen LogP contribution in [0.1, 0.15) is 20.8 Å². The molecule has 9 heteroatoms. The highest BCUT2D eigenvalue weighted by atomic mass is 32.2. The molecule has 0 unspecified atom stereocenters. The zero-order valence-corrected chi connectivity index (χ0v) is 12.6. The normalized spacial score (nSPS) is 12.1. The number of nitro benzene ring substituents is 1. The number of hydrogen-bond donors (Lipinski definition) is 2. The average molecular weight is 316 g/mol. The van der Waals surface area contributed by atoms with Crippen molar-refractivity contribution < 1.29 is 23.2 Å². The van der Waals surface area contributed by atoms with Gasteiger partial charge in [-0.25, -0.2) is 13.1 Å². The second-order valence-corrected chi connectivity index (χ2v) is 7.17. The second-order valence-electron chi connectivity index (χ2n) is 5.41. The van der Waals surface area contributed by atoms with Crippen LogP contribution in [0, 0.1) is 15.5 Å². The summed E-state index contributed by atoms with van der Waals surface area (Å²) >= 11 is 0. The molecule has 0 spiro atoms. The Morgan fingerprint density at radius 1 is 1.38 bits per heavy atom. The van der Waals surface area contributed by atoms with Gasteiger partial charge in [0.2, 0.25) is 10.0 Å². The molecule has 1 aromatic carbocycles. The number of phenols is 1. The van der Waals surface area contributed by atoms with Crippen molar-refractivity contribution >= 4 is 21.5 Å². The first kappa shape index (κ1) is 17.1. The Labute approximate surface area is 122 Å². The third kappa shape index (κ3) is 4.23. The SMILES string of the molecule is CC(C)(C)C(=O)CNS(=O)(=O)c1ccc(O)c([N+](=O)[O-])c1. The Bertz CT molecular complexity index is 675. The van der Waals surface area contributed by atoms with Gasteiger partial charge in [-0.3, -0.25) is 14.9 Å². The lowest BCUT2D eigenvalue weighted by Crippen LogP contribution is -2.35. The molecule has 0 saturated carbocycles. The zero-order valence-electron chi connectivity index (χ0n) is 11.8. The largest absolute Gasteiger partial charge is 0.502 e. The lowest BCUT2D eigenvalue weighted by atomic mass is 9.91. The van der Waals surface area contributed by atoms with E-state index in [2.05, 4.69) is 4.72 Å². The second kappa shape index (κ2) is 5.78. The molecule has 0 aliphatic rings. The summed E-state index contributed by atoms with van der Waals surface area (Å²) in [5.41, 5.74) is -1.43. The van der Waals surface area contributed by atoms with E-state index in [0.29, 0.717) is 0 Å². The smallest absolute Gasteiger partial charge is 0.312 e. The van der Waals surface area contributed by atoms with Crippen LogP contribution in [0.5, 0.6) is 5.75 Å². The number of ketones is 1. The van der Waals surface area contributed by atoms with E-state index >= 15 is 0 Å². The maximum atomic E-state index is 12.0. The lowest BCUT2D eigenvalue weighted by Gasteiger charge is -2.16. The highest BCUT2D eigenvalue weighted by Crippen LogP contribution is 2.28. The molecular weight excluding hydrogens is 300 g/mol. The zero-order chi connectivity index (χ0) is 16.4. The van der Waals surface area contributed by atoms with Gasteiger partial charge in [-0.05, 0) is 12.1 Å². The van der Waals surface area contributed by atoms with Crippen LogP contribution in [0.3, 0.4) is 0 Å². The molecule has 0 aliphatic heterocycles. The van der Waals surface area contributed by atoms with E-state index in [1.54, 1.807) is 20.8 Å². The van der Waals surface area contributed by atoms with E-state index < -0.39 is 43.2 Å².